The molecule has 18 heavy (non-hydrogen) atoms. The van der Waals surface area contributed by atoms with Crippen LogP contribution in [0, 0.1) is 12.8 Å². The Morgan fingerprint density at radius 2 is 1.94 bits per heavy atom. The van der Waals surface area contributed by atoms with E-state index in [1.165, 1.54) is 52.9 Å². The van der Waals surface area contributed by atoms with E-state index in [0.717, 1.165) is 12.5 Å². The summed E-state index contributed by atoms with van der Waals surface area (Å²) in [5.74, 6) is 0.768. The summed E-state index contributed by atoms with van der Waals surface area (Å²) < 4.78 is 1.31. The van der Waals surface area contributed by atoms with E-state index in [9.17, 15) is 0 Å². The third-order valence-corrected chi connectivity index (χ3v) is 5.02. The van der Waals surface area contributed by atoms with Gasteiger partial charge in [-0.1, -0.05) is 26.7 Å². The Labute approximate surface area is 125 Å². The van der Waals surface area contributed by atoms with E-state index in [4.69, 9.17) is 0 Å². The van der Waals surface area contributed by atoms with Gasteiger partial charge < -0.3 is 5.32 Å². The van der Waals surface area contributed by atoms with Crippen molar-refractivity contribution in [3.63, 3.8) is 0 Å². The van der Waals surface area contributed by atoms with Gasteiger partial charge in [-0.15, -0.1) is 11.3 Å². The average molecular weight is 332 g/mol. The summed E-state index contributed by atoms with van der Waals surface area (Å²) in [5.41, 5.74) is 0. The second kappa shape index (κ2) is 9.11. The van der Waals surface area contributed by atoms with E-state index in [2.05, 4.69) is 48.1 Å². The normalized spacial score (nSPS) is 11.4. The van der Waals surface area contributed by atoms with Crippen LogP contribution >= 0.6 is 27.3 Å². The number of thiophene rings is 1. The minimum absolute atomic E-state index is 0.768. The van der Waals surface area contributed by atoms with Gasteiger partial charge in [-0.2, -0.15) is 0 Å². The van der Waals surface area contributed by atoms with Gasteiger partial charge in [0.25, 0.3) is 0 Å². The molecule has 0 spiro atoms. The van der Waals surface area contributed by atoms with Crippen LogP contribution in [-0.2, 0) is 6.42 Å². The summed E-state index contributed by atoms with van der Waals surface area (Å²) in [6.07, 6.45) is 6.58. The van der Waals surface area contributed by atoms with Gasteiger partial charge in [0.2, 0.25) is 0 Å². The van der Waals surface area contributed by atoms with Crippen LogP contribution in [0.15, 0.2) is 10.5 Å². The molecule has 1 aromatic rings. The first-order valence-electron chi connectivity index (χ1n) is 7.05. The van der Waals surface area contributed by atoms with Gasteiger partial charge in [0.05, 0.1) is 0 Å². The van der Waals surface area contributed by atoms with E-state index in [1.807, 2.05) is 11.3 Å². The van der Waals surface area contributed by atoms with E-state index in [1.54, 1.807) is 0 Å². The number of halogens is 1. The molecule has 0 aromatic carbocycles. The summed E-state index contributed by atoms with van der Waals surface area (Å²) in [5, 5.41) is 3.50. The number of hydrogen-bond acceptors (Lipinski definition) is 2. The second-order valence-electron chi connectivity index (χ2n) is 5.39. The molecule has 1 aromatic heterocycles. The molecule has 1 heterocycles. The number of nitrogens with one attached hydrogen (secondary N) is 1. The Morgan fingerprint density at radius 1 is 1.22 bits per heavy atom. The van der Waals surface area contributed by atoms with Gasteiger partial charge >= 0.3 is 0 Å². The molecule has 0 fully saturated rings. The summed E-state index contributed by atoms with van der Waals surface area (Å²) >= 11 is 5.56. The van der Waals surface area contributed by atoms with Crippen LogP contribution in [0.25, 0.3) is 0 Å². The predicted molar refractivity (Wildman–Crippen MR) is 86.6 cm³/mol. The van der Waals surface area contributed by atoms with Gasteiger partial charge in [0, 0.05) is 14.2 Å². The first-order valence-corrected chi connectivity index (χ1v) is 8.66. The lowest BCUT2D eigenvalue weighted by molar-refractivity contribution is 0.526. The maximum atomic E-state index is 3.63. The molecule has 0 aliphatic rings. The fourth-order valence-electron chi connectivity index (χ4n) is 1.98. The zero-order valence-corrected chi connectivity index (χ0v) is 14.3. The Morgan fingerprint density at radius 3 is 2.56 bits per heavy atom. The molecule has 0 bridgehead atoms. The summed E-state index contributed by atoms with van der Waals surface area (Å²) in [4.78, 5) is 2.93. The summed E-state index contributed by atoms with van der Waals surface area (Å²) in [7, 11) is 0. The van der Waals surface area contributed by atoms with Crippen molar-refractivity contribution in [1.82, 2.24) is 5.32 Å². The molecule has 0 atom stereocenters. The van der Waals surface area contributed by atoms with Crippen LogP contribution < -0.4 is 5.32 Å². The van der Waals surface area contributed by atoms with Crippen LogP contribution in [0.5, 0.6) is 0 Å². The fraction of sp³-hybridized carbons (Fsp3) is 0.733. The minimum Gasteiger partial charge on any atom is -0.316 e. The summed E-state index contributed by atoms with van der Waals surface area (Å²) in [6, 6.07) is 2.23. The lowest BCUT2D eigenvalue weighted by Crippen LogP contribution is -2.20. The van der Waals surface area contributed by atoms with E-state index >= 15 is 0 Å². The molecule has 0 saturated carbocycles. The van der Waals surface area contributed by atoms with Gasteiger partial charge in [-0.25, -0.2) is 0 Å². The molecule has 104 valence electrons. The molecule has 0 aliphatic carbocycles. The monoisotopic (exact) mass is 331 g/mol. The Hall–Kier alpha value is 0.140. The van der Waals surface area contributed by atoms with E-state index in [-0.39, 0.29) is 0 Å². The number of hydrogen-bond donors (Lipinski definition) is 1. The highest BCUT2D eigenvalue weighted by Crippen LogP contribution is 2.28. The van der Waals surface area contributed by atoms with Crippen LogP contribution in [0.4, 0.5) is 0 Å². The lowest BCUT2D eigenvalue weighted by Gasteiger charge is -2.06. The fourth-order valence-corrected chi connectivity index (χ4v) is 3.89. The quantitative estimate of drug-likeness (QED) is 0.615. The smallest absolute Gasteiger partial charge is 0.0317 e. The number of rotatable bonds is 9. The average Bonchev–Trinajstić information content (AvgIpc) is 2.61. The van der Waals surface area contributed by atoms with Gasteiger partial charge in [-0.3, -0.25) is 0 Å². The zero-order chi connectivity index (χ0) is 13.4. The van der Waals surface area contributed by atoms with Crippen LogP contribution in [-0.4, -0.2) is 13.1 Å². The molecular weight excluding hydrogens is 306 g/mol. The van der Waals surface area contributed by atoms with Crippen LogP contribution in [0.3, 0.4) is 0 Å². The Balaban J connectivity index is 1.97. The van der Waals surface area contributed by atoms with Crippen molar-refractivity contribution in [2.75, 3.05) is 13.1 Å². The molecule has 0 amide bonds. The van der Waals surface area contributed by atoms with Crippen LogP contribution in [0.1, 0.15) is 49.3 Å². The van der Waals surface area contributed by atoms with Crippen molar-refractivity contribution in [2.24, 2.45) is 5.92 Å². The standard InChI is InChI=1S/C15H26BrNS/c1-12(2)11-17-9-7-5-4-6-8-15-14(16)10-13(3)18-15/h10,12,17H,4-9,11H2,1-3H3. The third-order valence-electron chi connectivity index (χ3n) is 2.94. The predicted octanol–water partition coefficient (Wildman–Crippen LogP) is 5.17. The van der Waals surface area contributed by atoms with Crippen molar-refractivity contribution in [2.45, 2.75) is 52.9 Å². The molecule has 0 radical (unpaired) electrons. The Kier molecular flexibility index (Phi) is 8.20. The molecule has 1 rings (SSSR count). The highest BCUT2D eigenvalue weighted by atomic mass is 79.9. The van der Waals surface area contributed by atoms with Gasteiger partial charge in [0.1, 0.15) is 0 Å². The first kappa shape index (κ1) is 16.2. The highest BCUT2D eigenvalue weighted by molar-refractivity contribution is 9.10. The van der Waals surface area contributed by atoms with Crippen molar-refractivity contribution in [3.8, 4) is 0 Å². The second-order valence-corrected chi connectivity index (χ2v) is 7.59. The van der Waals surface area contributed by atoms with Crippen molar-refractivity contribution in [3.05, 3.63) is 20.3 Å². The molecule has 1 nitrogen and oxygen atoms in total. The van der Waals surface area contributed by atoms with E-state index in [0.29, 0.717) is 0 Å². The lowest BCUT2D eigenvalue weighted by atomic mass is 10.1. The Bertz CT molecular complexity index is 333. The topological polar surface area (TPSA) is 12.0 Å². The zero-order valence-electron chi connectivity index (χ0n) is 11.9. The van der Waals surface area contributed by atoms with Crippen molar-refractivity contribution < 1.29 is 0 Å². The molecular formula is C15H26BrNS. The molecule has 0 aliphatic heterocycles. The third kappa shape index (κ3) is 6.91. The molecule has 0 saturated heterocycles. The number of aryl methyl sites for hydroxylation is 2. The maximum Gasteiger partial charge on any atom is 0.0317 e. The largest absolute Gasteiger partial charge is 0.316 e. The summed E-state index contributed by atoms with van der Waals surface area (Å²) in [6.45, 7) is 9.03. The van der Waals surface area contributed by atoms with Crippen LogP contribution in [0.2, 0.25) is 0 Å². The van der Waals surface area contributed by atoms with Crippen molar-refractivity contribution >= 4 is 27.3 Å². The SMILES string of the molecule is Cc1cc(Br)c(CCCCCCNCC(C)C)s1. The number of unbranched alkanes of at least 4 members (excludes halogenated alkanes) is 3. The molecule has 0 unspecified atom stereocenters. The maximum absolute atomic E-state index is 3.63. The van der Waals surface area contributed by atoms with E-state index < -0.39 is 0 Å². The van der Waals surface area contributed by atoms with Gasteiger partial charge in [-0.05, 0) is 67.2 Å². The van der Waals surface area contributed by atoms with Crippen molar-refractivity contribution in [1.29, 1.82) is 0 Å². The molecule has 1 N–H and O–H groups in total. The van der Waals surface area contributed by atoms with Gasteiger partial charge in [0.15, 0.2) is 0 Å². The highest BCUT2D eigenvalue weighted by Gasteiger charge is 2.03. The molecule has 3 heteroatoms. The minimum atomic E-state index is 0.768. The first-order chi connectivity index (χ1) is 8.59.